The number of alkyl halides is 7. The fourth-order valence-electron chi connectivity index (χ4n) is 5.11. The standard InChI is InChI=1S/C23H21ClF6N4O2S/c1-21(14-9-31-11-32-10-14,20(36)33-17-7-13-6-12(17)8-22(13,26)27)34(19(35)18(24)25)15-2-4-16(5-3-15)37-23(28,29)30/h2-5,9-13,17-18H,6-8H2,1H3,(H,33,36)/t12?,13?,17-,18+,21+/m1/s1. The number of aromatic nitrogens is 2. The summed E-state index contributed by atoms with van der Waals surface area (Å²) >= 11 is 5.10. The van der Waals surface area contributed by atoms with E-state index >= 15 is 0 Å². The van der Waals surface area contributed by atoms with Gasteiger partial charge in [-0.15, -0.1) is 0 Å². The van der Waals surface area contributed by atoms with E-state index in [9.17, 15) is 35.9 Å². The van der Waals surface area contributed by atoms with Crippen LogP contribution in [-0.4, -0.2) is 44.9 Å². The van der Waals surface area contributed by atoms with Crippen molar-refractivity contribution in [3.8, 4) is 0 Å². The molecule has 2 bridgehead atoms. The monoisotopic (exact) mass is 566 g/mol. The molecule has 0 saturated heterocycles. The molecule has 1 N–H and O–H groups in total. The van der Waals surface area contributed by atoms with E-state index in [4.69, 9.17) is 11.6 Å². The molecule has 1 heterocycles. The molecule has 0 aliphatic heterocycles. The average molecular weight is 567 g/mol. The van der Waals surface area contributed by atoms with Crippen LogP contribution in [0, 0.1) is 11.8 Å². The zero-order chi connectivity index (χ0) is 27.2. The number of halogens is 7. The Labute approximate surface area is 217 Å². The molecule has 0 radical (unpaired) electrons. The summed E-state index contributed by atoms with van der Waals surface area (Å²) in [5, 5.41) is 2.73. The van der Waals surface area contributed by atoms with Crippen LogP contribution in [0.1, 0.15) is 31.7 Å². The van der Waals surface area contributed by atoms with Crippen molar-refractivity contribution in [2.45, 2.75) is 59.7 Å². The summed E-state index contributed by atoms with van der Waals surface area (Å²) in [5.41, 5.74) is -9.30. The van der Waals surface area contributed by atoms with Gasteiger partial charge in [0.25, 0.3) is 23.4 Å². The number of amides is 2. The van der Waals surface area contributed by atoms with Crippen LogP contribution in [0.15, 0.2) is 47.9 Å². The van der Waals surface area contributed by atoms with Gasteiger partial charge >= 0.3 is 5.51 Å². The lowest BCUT2D eigenvalue weighted by atomic mass is 9.87. The van der Waals surface area contributed by atoms with E-state index < -0.39 is 64.1 Å². The van der Waals surface area contributed by atoms with Gasteiger partial charge in [0.15, 0.2) is 5.54 Å². The summed E-state index contributed by atoms with van der Waals surface area (Å²) in [6.45, 7) is 1.28. The van der Waals surface area contributed by atoms with E-state index in [2.05, 4.69) is 15.3 Å². The first-order valence-electron chi connectivity index (χ1n) is 11.1. The Morgan fingerprint density at radius 1 is 1.16 bits per heavy atom. The van der Waals surface area contributed by atoms with Crippen molar-refractivity contribution in [3.63, 3.8) is 0 Å². The van der Waals surface area contributed by atoms with Crippen LogP contribution in [0.4, 0.5) is 32.0 Å². The molecule has 2 fully saturated rings. The number of thioether (sulfide) groups is 1. The first-order chi connectivity index (χ1) is 17.2. The number of fused-ring (bicyclic) bond motifs is 2. The number of hydrogen-bond acceptors (Lipinski definition) is 5. The molecule has 2 amide bonds. The van der Waals surface area contributed by atoms with E-state index in [1.807, 2.05) is 0 Å². The first-order valence-corrected chi connectivity index (χ1v) is 12.4. The van der Waals surface area contributed by atoms with Crippen LogP contribution < -0.4 is 10.2 Å². The molecule has 1 aromatic heterocycles. The third-order valence-corrected chi connectivity index (χ3v) is 7.82. The minimum Gasteiger partial charge on any atom is -0.351 e. The summed E-state index contributed by atoms with van der Waals surface area (Å²) in [6, 6.07) is 3.76. The second-order valence-corrected chi connectivity index (χ2v) is 10.7. The molecule has 5 atom stereocenters. The Kier molecular flexibility index (Phi) is 7.41. The molecule has 4 rings (SSSR count). The largest absolute Gasteiger partial charge is 0.446 e. The second-order valence-electron chi connectivity index (χ2n) is 9.19. The molecular weight excluding hydrogens is 546 g/mol. The summed E-state index contributed by atoms with van der Waals surface area (Å²) in [5.74, 6) is -6.38. The molecule has 14 heteroatoms. The van der Waals surface area contributed by atoms with E-state index in [1.165, 1.54) is 19.3 Å². The van der Waals surface area contributed by atoms with Crippen molar-refractivity contribution < 1.29 is 35.9 Å². The van der Waals surface area contributed by atoms with Crippen LogP contribution in [-0.2, 0) is 15.1 Å². The molecule has 1 aromatic carbocycles. The van der Waals surface area contributed by atoms with Crippen LogP contribution in [0.5, 0.6) is 0 Å². The van der Waals surface area contributed by atoms with Gasteiger partial charge in [0.2, 0.25) is 0 Å². The van der Waals surface area contributed by atoms with Crippen LogP contribution >= 0.6 is 23.4 Å². The van der Waals surface area contributed by atoms with Crippen molar-refractivity contribution in [1.29, 1.82) is 0 Å². The van der Waals surface area contributed by atoms with Crippen molar-refractivity contribution in [2.75, 3.05) is 4.90 Å². The fourth-order valence-corrected chi connectivity index (χ4v) is 5.75. The van der Waals surface area contributed by atoms with E-state index in [0.29, 0.717) is 0 Å². The van der Waals surface area contributed by atoms with Gasteiger partial charge in [-0.1, -0.05) is 11.6 Å². The maximum absolute atomic E-state index is 14.2. The Hall–Kier alpha value is -2.54. The normalized spacial score (nSPS) is 24.8. The van der Waals surface area contributed by atoms with Crippen LogP contribution in [0.3, 0.4) is 0 Å². The Bertz CT molecular complexity index is 1150. The van der Waals surface area contributed by atoms with Gasteiger partial charge in [-0.25, -0.2) is 23.1 Å². The highest BCUT2D eigenvalue weighted by Gasteiger charge is 2.58. The van der Waals surface area contributed by atoms with Gasteiger partial charge in [0.1, 0.15) is 6.33 Å². The highest BCUT2D eigenvalue weighted by Crippen LogP contribution is 2.54. The molecule has 2 aromatic rings. The SMILES string of the molecule is C[C@@](C(=O)N[C@@H]1CC2CC1CC2(F)F)(c1cncnc1)N(C(=O)[C@H](F)Cl)c1ccc(SC(F)(F)F)cc1. The molecule has 200 valence electrons. The second kappa shape index (κ2) is 9.97. The molecule has 0 spiro atoms. The number of hydrogen-bond donors (Lipinski definition) is 1. The van der Waals surface area contributed by atoms with Crippen molar-refractivity contribution >= 4 is 40.9 Å². The average Bonchev–Trinajstić information content (AvgIpc) is 3.35. The predicted molar refractivity (Wildman–Crippen MR) is 124 cm³/mol. The molecule has 2 saturated carbocycles. The predicted octanol–water partition coefficient (Wildman–Crippen LogP) is 5.42. The third kappa shape index (κ3) is 5.52. The van der Waals surface area contributed by atoms with Crippen molar-refractivity contribution in [1.82, 2.24) is 15.3 Å². The Morgan fingerprint density at radius 3 is 2.27 bits per heavy atom. The third-order valence-electron chi connectivity index (χ3n) is 6.89. The Balaban J connectivity index is 1.73. The quantitative estimate of drug-likeness (QED) is 0.275. The molecular formula is C23H21ClF6N4O2S. The number of anilines is 1. The van der Waals surface area contributed by atoms with Crippen molar-refractivity contribution in [3.05, 3.63) is 48.5 Å². The lowest BCUT2D eigenvalue weighted by Gasteiger charge is -2.41. The number of nitrogens with one attached hydrogen (secondary N) is 1. The number of nitrogens with zero attached hydrogens (tertiary/aromatic N) is 3. The van der Waals surface area contributed by atoms with E-state index in [1.54, 1.807) is 0 Å². The Morgan fingerprint density at radius 2 is 1.78 bits per heavy atom. The molecule has 2 unspecified atom stereocenters. The topological polar surface area (TPSA) is 75.2 Å². The minimum atomic E-state index is -4.57. The molecule has 37 heavy (non-hydrogen) atoms. The van der Waals surface area contributed by atoms with E-state index in [-0.39, 0.29) is 35.4 Å². The number of carbonyl (C=O) groups is 2. The van der Waals surface area contributed by atoms with Crippen molar-refractivity contribution in [2.24, 2.45) is 11.8 Å². The first kappa shape index (κ1) is 27.5. The molecule has 2 aliphatic rings. The van der Waals surface area contributed by atoms with Gasteiger partial charge in [-0.2, -0.15) is 13.2 Å². The number of rotatable bonds is 7. The number of carbonyl (C=O) groups excluding carboxylic acids is 2. The van der Waals surface area contributed by atoms with Gasteiger partial charge < -0.3 is 5.32 Å². The zero-order valence-electron chi connectivity index (χ0n) is 19.2. The highest BCUT2D eigenvalue weighted by atomic mass is 35.5. The summed E-state index contributed by atoms with van der Waals surface area (Å²) in [6.07, 6.45) is 3.48. The van der Waals surface area contributed by atoms with Gasteiger partial charge in [0.05, 0.1) is 0 Å². The fraction of sp³-hybridized carbons (Fsp3) is 0.478. The summed E-state index contributed by atoms with van der Waals surface area (Å²) in [7, 11) is 0. The lowest BCUT2D eigenvalue weighted by Crippen LogP contribution is -2.60. The van der Waals surface area contributed by atoms with Gasteiger partial charge in [-0.3, -0.25) is 14.5 Å². The highest BCUT2D eigenvalue weighted by molar-refractivity contribution is 8.00. The summed E-state index contributed by atoms with van der Waals surface area (Å²) in [4.78, 5) is 35.1. The molecule has 6 nitrogen and oxygen atoms in total. The van der Waals surface area contributed by atoms with Gasteiger partial charge in [-0.05, 0) is 61.7 Å². The smallest absolute Gasteiger partial charge is 0.351 e. The lowest BCUT2D eigenvalue weighted by molar-refractivity contribution is -0.132. The minimum absolute atomic E-state index is 0.0311. The number of benzene rings is 1. The maximum atomic E-state index is 14.2. The molecule has 2 aliphatic carbocycles. The zero-order valence-corrected chi connectivity index (χ0v) is 20.8. The van der Waals surface area contributed by atoms with Crippen LogP contribution in [0.25, 0.3) is 0 Å². The van der Waals surface area contributed by atoms with Gasteiger partial charge in [0, 0.05) is 46.9 Å². The maximum Gasteiger partial charge on any atom is 0.446 e. The van der Waals surface area contributed by atoms with Crippen LogP contribution in [0.2, 0.25) is 0 Å². The summed E-state index contributed by atoms with van der Waals surface area (Å²) < 4.78 is 80.6. The van der Waals surface area contributed by atoms with E-state index in [0.717, 1.165) is 35.5 Å².